The van der Waals surface area contributed by atoms with Gasteiger partial charge in [-0.05, 0) is 77.3 Å². The van der Waals surface area contributed by atoms with Gasteiger partial charge >= 0.3 is 12.1 Å². The molecule has 0 fully saturated rings. The lowest BCUT2D eigenvalue weighted by Crippen LogP contribution is -2.36. The van der Waals surface area contributed by atoms with Crippen molar-refractivity contribution in [2.45, 2.75) is 87.6 Å². The van der Waals surface area contributed by atoms with E-state index in [2.05, 4.69) is 35.3 Å². The fourth-order valence-electron chi connectivity index (χ4n) is 7.09. The molecule has 6 rings (SSSR count). The van der Waals surface area contributed by atoms with Crippen molar-refractivity contribution >= 4 is 43.5 Å². The van der Waals surface area contributed by atoms with Crippen molar-refractivity contribution in [2.24, 2.45) is 0 Å². The van der Waals surface area contributed by atoms with E-state index in [1.54, 1.807) is 0 Å². The van der Waals surface area contributed by atoms with Crippen molar-refractivity contribution in [1.29, 1.82) is 0 Å². The average molecular weight is 779 g/mol. The van der Waals surface area contributed by atoms with Crippen molar-refractivity contribution in [3.63, 3.8) is 0 Å². The number of urea groups is 2. The molecule has 4 N–H and O–H groups in total. The highest BCUT2D eigenvalue weighted by Gasteiger charge is 2.35. The van der Waals surface area contributed by atoms with Crippen LogP contribution in [-0.2, 0) is 39.3 Å². The van der Waals surface area contributed by atoms with Gasteiger partial charge in [-0.15, -0.1) is 0 Å². The number of para-hydroxylation sites is 1. The molecule has 0 saturated carbocycles. The van der Waals surface area contributed by atoms with Crippen LogP contribution < -0.4 is 29.6 Å². The normalized spacial score (nSPS) is 15.1. The van der Waals surface area contributed by atoms with E-state index < -0.39 is 48.1 Å². The van der Waals surface area contributed by atoms with Crippen LogP contribution in [0, 0.1) is 0 Å². The number of rotatable bonds is 11. The Bertz CT molecular complexity index is 2320. The molecule has 2 aromatic carbocycles. The first kappa shape index (κ1) is 38.4. The van der Waals surface area contributed by atoms with E-state index in [-0.39, 0.29) is 29.2 Å². The molecule has 1 unspecified atom stereocenters. The molecule has 16 nitrogen and oxygen atoms in total. The van der Waals surface area contributed by atoms with Crippen LogP contribution in [0.4, 0.5) is 21.0 Å². The molecule has 4 aromatic rings. The maximum absolute atomic E-state index is 13.8. The van der Waals surface area contributed by atoms with Gasteiger partial charge in [0.15, 0.2) is 11.5 Å². The van der Waals surface area contributed by atoms with E-state index in [9.17, 15) is 26.4 Å². The third kappa shape index (κ3) is 7.52. The fraction of sp³-hybridized carbons (Fsp3) is 0.389. The van der Waals surface area contributed by atoms with Gasteiger partial charge in [-0.3, -0.25) is 0 Å². The molecule has 2 aromatic heterocycles. The maximum Gasteiger partial charge on any atom is 0.333 e. The summed E-state index contributed by atoms with van der Waals surface area (Å²) in [5, 5.41) is 4.53. The van der Waals surface area contributed by atoms with Gasteiger partial charge in [0.2, 0.25) is 10.1 Å². The summed E-state index contributed by atoms with van der Waals surface area (Å²) in [4.78, 5) is 43.0. The summed E-state index contributed by atoms with van der Waals surface area (Å²) >= 11 is 0. The lowest BCUT2D eigenvalue weighted by molar-refractivity contribution is 0.255. The molecule has 0 saturated heterocycles. The second-order valence-electron chi connectivity index (χ2n) is 13.6. The van der Waals surface area contributed by atoms with Crippen molar-refractivity contribution in [2.75, 3.05) is 24.9 Å². The van der Waals surface area contributed by atoms with Crippen molar-refractivity contribution in [3.05, 3.63) is 82.2 Å². The van der Waals surface area contributed by atoms with Gasteiger partial charge in [0.05, 0.1) is 26.6 Å². The first-order valence-corrected chi connectivity index (χ1v) is 20.3. The summed E-state index contributed by atoms with van der Waals surface area (Å²) in [5.74, 6) is -0.477. The monoisotopic (exact) mass is 778 g/mol. The predicted octanol–water partition coefficient (Wildman–Crippen LogP) is 5.12. The van der Waals surface area contributed by atoms with Gasteiger partial charge in [0, 0.05) is 17.3 Å². The smallest absolute Gasteiger partial charge is 0.333 e. The summed E-state index contributed by atoms with van der Waals surface area (Å²) in [6, 6.07) is 5.77. The Morgan fingerprint density at radius 2 is 1.39 bits per heavy atom. The van der Waals surface area contributed by atoms with E-state index in [0.29, 0.717) is 30.6 Å². The highest BCUT2D eigenvalue weighted by molar-refractivity contribution is 7.90. The van der Waals surface area contributed by atoms with E-state index in [1.807, 2.05) is 56.7 Å². The zero-order valence-corrected chi connectivity index (χ0v) is 32.3. The number of ether oxygens (including phenoxy) is 2. The van der Waals surface area contributed by atoms with Gasteiger partial charge < -0.3 is 20.1 Å². The number of sulfonamides is 2. The summed E-state index contributed by atoms with van der Waals surface area (Å²) < 4.78 is 68.2. The molecule has 0 aliphatic heterocycles. The second-order valence-corrected chi connectivity index (χ2v) is 16.8. The van der Waals surface area contributed by atoms with E-state index in [4.69, 9.17) is 9.47 Å². The Balaban J connectivity index is 1.29. The zero-order valence-electron chi connectivity index (χ0n) is 30.7. The molecular weight excluding hydrogens is 737 g/mol. The Hall–Kier alpha value is -5.36. The molecule has 0 bridgehead atoms. The van der Waals surface area contributed by atoms with Gasteiger partial charge in [0.1, 0.15) is 12.2 Å². The predicted molar refractivity (Wildman–Crippen MR) is 199 cm³/mol. The van der Waals surface area contributed by atoms with E-state index in [1.165, 1.54) is 26.6 Å². The second kappa shape index (κ2) is 15.2. The third-order valence-electron chi connectivity index (χ3n) is 9.55. The summed E-state index contributed by atoms with van der Waals surface area (Å²) in [6.07, 6.45) is 6.61. The van der Waals surface area contributed by atoms with Gasteiger partial charge in [-0.2, -0.15) is 16.8 Å². The lowest BCUT2D eigenvalue weighted by Gasteiger charge is -2.20. The molecule has 2 aliphatic rings. The summed E-state index contributed by atoms with van der Waals surface area (Å²) in [7, 11) is -6.46. The Kier molecular flexibility index (Phi) is 10.8. The number of aryl methyl sites for hydroxylation is 1. The number of anilines is 2. The molecule has 1 atom stereocenters. The first-order chi connectivity index (χ1) is 25.6. The topological polar surface area (TPSA) is 221 Å². The van der Waals surface area contributed by atoms with Crippen LogP contribution >= 0.6 is 0 Å². The minimum Gasteiger partial charge on any atom is -0.492 e. The molecule has 0 radical (unpaired) electrons. The zero-order chi connectivity index (χ0) is 38.9. The van der Waals surface area contributed by atoms with Crippen LogP contribution in [0.2, 0.25) is 0 Å². The number of carbonyl (C=O) groups excluding carboxylic acids is 2. The minimum absolute atomic E-state index is 0.0576. The SMILES string of the molecule is COc1cnc(C2CCc3c2cc2c(c3NC(=O)NS(=O)(=O)c3ncncc3OC)CCC2)nc1S(=O)(=O)NC(=O)Nc1c(C(C)C)cccc1C(C)C. The van der Waals surface area contributed by atoms with Crippen LogP contribution in [0.1, 0.15) is 97.5 Å². The first-order valence-electron chi connectivity index (χ1n) is 17.4. The number of amides is 4. The van der Waals surface area contributed by atoms with Crippen LogP contribution in [0.15, 0.2) is 53.0 Å². The van der Waals surface area contributed by atoms with Crippen molar-refractivity contribution < 1.29 is 35.9 Å². The standard InChI is InChI=1S/C36H42N8O8S2/c1-19(2)22-10-8-11-23(20(3)4)30(22)40-35(45)44-54(49,50)34-29(52-6)17-38-32(42-34)26-14-13-25-27(26)15-21-9-7-12-24(21)31(25)41-36(46)43-53(47,48)33-28(51-5)16-37-18-39-33/h8,10-11,15-20,26H,7,9,12-14H2,1-6H3,(H2,40,44,45)(H2,41,43,46). The number of hydrogen-bond acceptors (Lipinski definition) is 12. The molecule has 54 heavy (non-hydrogen) atoms. The van der Waals surface area contributed by atoms with Crippen LogP contribution in [0.25, 0.3) is 0 Å². The number of nitrogens with zero attached hydrogens (tertiary/aromatic N) is 4. The van der Waals surface area contributed by atoms with Crippen molar-refractivity contribution in [3.8, 4) is 11.5 Å². The molecule has 2 heterocycles. The number of hydrogen-bond donors (Lipinski definition) is 4. The van der Waals surface area contributed by atoms with Crippen molar-refractivity contribution in [1.82, 2.24) is 29.4 Å². The van der Waals surface area contributed by atoms with Crippen LogP contribution in [0.3, 0.4) is 0 Å². The molecule has 2 aliphatic carbocycles. The number of methoxy groups -OCH3 is 2. The highest BCUT2D eigenvalue weighted by atomic mass is 32.2. The summed E-state index contributed by atoms with van der Waals surface area (Å²) in [5.41, 5.74) is 6.17. The van der Waals surface area contributed by atoms with E-state index >= 15 is 0 Å². The molecule has 286 valence electrons. The van der Waals surface area contributed by atoms with Gasteiger partial charge in [-0.1, -0.05) is 52.0 Å². The Morgan fingerprint density at radius 3 is 2.02 bits per heavy atom. The van der Waals surface area contributed by atoms with Gasteiger partial charge in [0.25, 0.3) is 20.0 Å². The quantitative estimate of drug-likeness (QED) is 0.146. The van der Waals surface area contributed by atoms with E-state index in [0.717, 1.165) is 52.5 Å². The maximum atomic E-state index is 13.8. The molecule has 18 heteroatoms. The average Bonchev–Trinajstić information content (AvgIpc) is 3.78. The highest BCUT2D eigenvalue weighted by Crippen LogP contribution is 2.45. The number of benzene rings is 2. The molecular formula is C36H42N8O8S2. The van der Waals surface area contributed by atoms with Gasteiger partial charge in [-0.25, -0.2) is 39.0 Å². The minimum atomic E-state index is -4.58. The Labute approximate surface area is 314 Å². The van der Waals surface area contributed by atoms with Crippen LogP contribution in [-0.4, -0.2) is 63.1 Å². The molecule has 0 spiro atoms. The number of fused-ring (bicyclic) bond motifs is 2. The number of aromatic nitrogens is 4. The lowest BCUT2D eigenvalue weighted by atomic mass is 9.93. The number of carbonyl (C=O) groups is 2. The largest absolute Gasteiger partial charge is 0.492 e. The molecule has 4 amide bonds. The number of nitrogens with one attached hydrogen (secondary N) is 4. The Morgan fingerprint density at radius 1 is 0.778 bits per heavy atom. The third-order valence-corrected chi connectivity index (χ3v) is 12.1. The van der Waals surface area contributed by atoms with Crippen LogP contribution in [0.5, 0.6) is 11.5 Å². The summed E-state index contributed by atoms with van der Waals surface area (Å²) in [6.45, 7) is 7.94. The fourth-order valence-corrected chi connectivity index (χ4v) is 9.07.